The Bertz CT molecular complexity index is 310. The van der Waals surface area contributed by atoms with E-state index in [9.17, 15) is 8.78 Å². The Morgan fingerprint density at radius 3 is 2.43 bits per heavy atom. The fourth-order valence-corrected chi connectivity index (χ4v) is 1.45. The van der Waals surface area contributed by atoms with Crippen LogP contribution in [-0.2, 0) is 0 Å². The number of benzene rings is 1. The van der Waals surface area contributed by atoms with E-state index in [2.05, 4.69) is 0 Å². The monoisotopic (exact) mass is 199 g/mol. The number of alkyl halides is 2. The van der Waals surface area contributed by atoms with Crippen molar-refractivity contribution in [3.63, 3.8) is 0 Å². The molecule has 2 N–H and O–H groups in total. The molecule has 0 radical (unpaired) electrons. The summed E-state index contributed by atoms with van der Waals surface area (Å²) in [6, 6.07) is 4.98. The van der Waals surface area contributed by atoms with Crippen molar-refractivity contribution in [1.29, 1.82) is 0 Å². The molecule has 0 aromatic heterocycles. The van der Waals surface area contributed by atoms with E-state index in [1.54, 1.807) is 12.1 Å². The number of rotatable bonds is 3. The van der Waals surface area contributed by atoms with Gasteiger partial charge in [0.15, 0.2) is 0 Å². The van der Waals surface area contributed by atoms with Crippen molar-refractivity contribution in [2.24, 2.45) is 5.73 Å². The molecule has 0 amide bonds. The minimum absolute atomic E-state index is 0.0149. The predicted octanol–water partition coefficient (Wildman–Crippen LogP) is 2.99. The van der Waals surface area contributed by atoms with Crippen LogP contribution in [0.1, 0.15) is 36.0 Å². The van der Waals surface area contributed by atoms with Crippen LogP contribution in [0.3, 0.4) is 0 Å². The highest BCUT2D eigenvalue weighted by Gasteiger charge is 2.16. The van der Waals surface area contributed by atoms with Crippen LogP contribution in [0.25, 0.3) is 0 Å². The van der Waals surface area contributed by atoms with E-state index in [-0.39, 0.29) is 11.5 Å². The molecule has 1 unspecified atom stereocenters. The summed E-state index contributed by atoms with van der Waals surface area (Å²) in [7, 11) is 0. The molecule has 0 bridgehead atoms. The summed E-state index contributed by atoms with van der Waals surface area (Å²) in [4.78, 5) is 0. The Morgan fingerprint density at radius 2 is 1.93 bits per heavy atom. The van der Waals surface area contributed by atoms with Crippen LogP contribution in [0.15, 0.2) is 18.2 Å². The number of nitrogens with two attached hydrogens (primary N) is 1. The lowest BCUT2D eigenvalue weighted by molar-refractivity contribution is 0.150. The first-order valence-electron chi connectivity index (χ1n) is 4.65. The summed E-state index contributed by atoms with van der Waals surface area (Å²) in [6.07, 6.45) is -2.42. The molecule has 1 rings (SSSR count). The molecular formula is C11H15F2N. The topological polar surface area (TPSA) is 26.0 Å². The van der Waals surface area contributed by atoms with Crippen molar-refractivity contribution in [3.05, 3.63) is 34.9 Å². The van der Waals surface area contributed by atoms with Crippen LogP contribution >= 0.6 is 0 Å². The molecular weight excluding hydrogens is 184 g/mol. The van der Waals surface area contributed by atoms with Gasteiger partial charge in [-0.25, -0.2) is 8.78 Å². The first kappa shape index (κ1) is 11.1. The van der Waals surface area contributed by atoms with Gasteiger partial charge in [0.1, 0.15) is 0 Å². The average molecular weight is 199 g/mol. The van der Waals surface area contributed by atoms with Crippen LogP contribution in [0.5, 0.6) is 0 Å². The van der Waals surface area contributed by atoms with E-state index in [0.717, 1.165) is 5.56 Å². The summed E-state index contributed by atoms with van der Waals surface area (Å²) < 4.78 is 25.2. The van der Waals surface area contributed by atoms with E-state index < -0.39 is 6.43 Å². The molecule has 0 saturated carbocycles. The maximum Gasteiger partial charge on any atom is 0.264 e. The van der Waals surface area contributed by atoms with Gasteiger partial charge < -0.3 is 5.73 Å². The molecule has 3 heteroatoms. The van der Waals surface area contributed by atoms with Gasteiger partial charge in [-0.1, -0.05) is 30.7 Å². The number of hydrogen-bond donors (Lipinski definition) is 1. The van der Waals surface area contributed by atoms with Gasteiger partial charge in [-0.05, 0) is 24.9 Å². The van der Waals surface area contributed by atoms with Gasteiger partial charge >= 0.3 is 0 Å². The molecule has 0 aliphatic rings. The minimum atomic E-state index is -2.42. The minimum Gasteiger partial charge on any atom is -0.330 e. The van der Waals surface area contributed by atoms with E-state index >= 15 is 0 Å². The van der Waals surface area contributed by atoms with Crippen LogP contribution in [0.4, 0.5) is 8.78 Å². The van der Waals surface area contributed by atoms with Crippen LogP contribution < -0.4 is 5.73 Å². The van der Waals surface area contributed by atoms with E-state index in [1.807, 2.05) is 13.8 Å². The second kappa shape index (κ2) is 4.51. The maximum atomic E-state index is 12.6. The Hall–Kier alpha value is -0.960. The van der Waals surface area contributed by atoms with Gasteiger partial charge in [0.2, 0.25) is 0 Å². The predicted molar refractivity (Wildman–Crippen MR) is 53.6 cm³/mol. The summed E-state index contributed by atoms with van der Waals surface area (Å²) in [5.41, 5.74) is 7.24. The summed E-state index contributed by atoms with van der Waals surface area (Å²) >= 11 is 0. The fraction of sp³-hybridized carbons (Fsp3) is 0.455. The van der Waals surface area contributed by atoms with Crippen molar-refractivity contribution >= 4 is 0 Å². The number of hydrogen-bond acceptors (Lipinski definition) is 1. The third-order valence-electron chi connectivity index (χ3n) is 2.36. The molecule has 1 aromatic carbocycles. The van der Waals surface area contributed by atoms with Gasteiger partial charge in [-0.15, -0.1) is 0 Å². The quantitative estimate of drug-likeness (QED) is 0.795. The third kappa shape index (κ3) is 2.29. The normalized spacial score (nSPS) is 13.3. The van der Waals surface area contributed by atoms with Crippen LogP contribution in [-0.4, -0.2) is 6.54 Å². The molecule has 0 aliphatic heterocycles. The van der Waals surface area contributed by atoms with Crippen molar-refractivity contribution in [2.75, 3.05) is 6.54 Å². The number of halogens is 2. The van der Waals surface area contributed by atoms with Crippen molar-refractivity contribution in [2.45, 2.75) is 26.2 Å². The zero-order valence-corrected chi connectivity index (χ0v) is 8.43. The second-order valence-electron chi connectivity index (χ2n) is 3.57. The van der Waals surface area contributed by atoms with Gasteiger partial charge in [0.25, 0.3) is 6.43 Å². The zero-order chi connectivity index (χ0) is 10.7. The van der Waals surface area contributed by atoms with Crippen LogP contribution in [0.2, 0.25) is 0 Å². The Labute approximate surface area is 82.9 Å². The molecule has 0 saturated heterocycles. The highest BCUT2D eigenvalue weighted by Crippen LogP contribution is 2.28. The lowest BCUT2D eigenvalue weighted by atomic mass is 9.94. The van der Waals surface area contributed by atoms with Gasteiger partial charge in [0.05, 0.1) is 0 Å². The molecule has 1 aromatic rings. The van der Waals surface area contributed by atoms with Crippen molar-refractivity contribution in [3.8, 4) is 0 Å². The first-order chi connectivity index (χ1) is 6.56. The maximum absolute atomic E-state index is 12.6. The Morgan fingerprint density at radius 1 is 1.29 bits per heavy atom. The molecule has 1 atom stereocenters. The lowest BCUT2D eigenvalue weighted by Gasteiger charge is -2.15. The van der Waals surface area contributed by atoms with Gasteiger partial charge in [0, 0.05) is 5.56 Å². The lowest BCUT2D eigenvalue weighted by Crippen LogP contribution is -2.11. The largest absolute Gasteiger partial charge is 0.330 e. The van der Waals surface area contributed by atoms with Crippen molar-refractivity contribution in [1.82, 2.24) is 0 Å². The SMILES string of the molecule is Cc1ccc(C(F)F)c(C(C)CN)c1. The highest BCUT2D eigenvalue weighted by molar-refractivity contribution is 5.35. The second-order valence-corrected chi connectivity index (χ2v) is 3.57. The zero-order valence-electron chi connectivity index (χ0n) is 8.43. The Balaban J connectivity index is 3.15. The standard InChI is InChI=1S/C11H15F2N/c1-7-3-4-9(11(12)13)10(5-7)8(2)6-14/h3-5,8,11H,6,14H2,1-2H3. The molecule has 14 heavy (non-hydrogen) atoms. The van der Waals surface area contributed by atoms with Gasteiger partial charge in [-0.2, -0.15) is 0 Å². The van der Waals surface area contributed by atoms with E-state index in [1.165, 1.54) is 6.07 Å². The molecule has 0 spiro atoms. The highest BCUT2D eigenvalue weighted by atomic mass is 19.3. The van der Waals surface area contributed by atoms with Gasteiger partial charge in [-0.3, -0.25) is 0 Å². The first-order valence-corrected chi connectivity index (χ1v) is 4.65. The molecule has 0 fully saturated rings. The van der Waals surface area contributed by atoms with E-state index in [4.69, 9.17) is 5.73 Å². The molecule has 78 valence electrons. The molecule has 0 aliphatic carbocycles. The Kier molecular flexibility index (Phi) is 3.58. The number of aryl methyl sites for hydroxylation is 1. The fourth-order valence-electron chi connectivity index (χ4n) is 1.45. The molecule has 0 heterocycles. The smallest absolute Gasteiger partial charge is 0.264 e. The van der Waals surface area contributed by atoms with Crippen molar-refractivity contribution < 1.29 is 8.78 Å². The molecule has 1 nitrogen and oxygen atoms in total. The summed E-state index contributed by atoms with van der Waals surface area (Å²) in [5, 5.41) is 0. The summed E-state index contributed by atoms with van der Waals surface area (Å²) in [6.45, 7) is 4.14. The third-order valence-corrected chi connectivity index (χ3v) is 2.36. The summed E-state index contributed by atoms with van der Waals surface area (Å²) in [5.74, 6) is -0.0149. The average Bonchev–Trinajstić information content (AvgIpc) is 2.16. The van der Waals surface area contributed by atoms with E-state index in [0.29, 0.717) is 12.1 Å². The van der Waals surface area contributed by atoms with Crippen LogP contribution in [0, 0.1) is 6.92 Å².